The van der Waals surface area contributed by atoms with Gasteiger partial charge in [-0.1, -0.05) is 6.07 Å². The van der Waals surface area contributed by atoms with E-state index < -0.39 is 5.82 Å². The van der Waals surface area contributed by atoms with Crippen LogP contribution in [-0.2, 0) is 0 Å². The maximum atomic E-state index is 13.0. The summed E-state index contributed by atoms with van der Waals surface area (Å²) >= 11 is 0. The molecule has 0 atom stereocenters. The molecule has 2 aromatic rings. The topological polar surface area (TPSA) is 54.7 Å². The molecule has 1 aromatic heterocycles. The van der Waals surface area contributed by atoms with E-state index in [0.29, 0.717) is 0 Å². The Morgan fingerprint density at radius 3 is 2.77 bits per heavy atom. The highest BCUT2D eigenvalue weighted by molar-refractivity contribution is 5.64. The first-order valence-corrected chi connectivity index (χ1v) is 3.81. The molecule has 0 aliphatic rings. The highest BCUT2D eigenvalue weighted by Gasteiger charge is 2.02. The lowest BCUT2D eigenvalue weighted by Gasteiger charge is -1.99. The molecule has 13 heavy (non-hydrogen) atoms. The molecule has 0 aliphatic carbocycles. The molecule has 1 heterocycles. The number of hydrogen-bond donors (Lipinski definition) is 2. The monoisotopic (exact) mass is 177 g/mol. The molecule has 0 fully saturated rings. The first-order chi connectivity index (χ1) is 6.27. The number of nitrogen functional groups attached to an aromatic ring is 1. The zero-order valence-electron chi connectivity index (χ0n) is 6.79. The minimum absolute atomic E-state index is 0.159. The summed E-state index contributed by atoms with van der Waals surface area (Å²) in [5.74, 6) is -0.404. The predicted octanol–water partition coefficient (Wildman–Crippen LogP) is 1.80. The third-order valence-electron chi connectivity index (χ3n) is 1.83. The molecule has 0 saturated heterocycles. The van der Waals surface area contributed by atoms with Gasteiger partial charge in [-0.05, 0) is 17.7 Å². The summed E-state index contributed by atoms with van der Waals surface area (Å²) in [7, 11) is 0. The predicted molar refractivity (Wildman–Crippen MR) is 48.4 cm³/mol. The minimum atomic E-state index is -0.404. The highest BCUT2D eigenvalue weighted by Crippen LogP contribution is 2.21. The highest BCUT2D eigenvalue weighted by atomic mass is 19.1. The number of rotatable bonds is 1. The van der Waals surface area contributed by atoms with Gasteiger partial charge in [-0.3, -0.25) is 5.10 Å². The summed E-state index contributed by atoms with van der Waals surface area (Å²) in [6.45, 7) is 0. The van der Waals surface area contributed by atoms with E-state index in [-0.39, 0.29) is 5.69 Å². The van der Waals surface area contributed by atoms with E-state index in [0.717, 1.165) is 11.1 Å². The Morgan fingerprint density at radius 2 is 2.15 bits per heavy atom. The molecule has 0 aliphatic heterocycles. The number of nitrogens with one attached hydrogen (secondary N) is 1. The van der Waals surface area contributed by atoms with Crippen molar-refractivity contribution in [3.8, 4) is 11.1 Å². The molecule has 1 aromatic carbocycles. The van der Waals surface area contributed by atoms with Crippen molar-refractivity contribution in [1.29, 1.82) is 0 Å². The largest absolute Gasteiger partial charge is 0.396 e. The summed E-state index contributed by atoms with van der Waals surface area (Å²) in [5, 5.41) is 6.43. The Balaban J connectivity index is 2.49. The Hall–Kier alpha value is -1.84. The van der Waals surface area contributed by atoms with Crippen LogP contribution in [0.4, 0.5) is 10.1 Å². The SMILES string of the molecule is Nc1ccc(-c2cn[nH]c2)cc1F. The first kappa shape index (κ1) is 7.79. The molecule has 66 valence electrons. The van der Waals surface area contributed by atoms with E-state index >= 15 is 0 Å². The molecule has 0 saturated carbocycles. The Bertz CT molecular complexity index is 409. The lowest BCUT2D eigenvalue weighted by Crippen LogP contribution is -1.89. The van der Waals surface area contributed by atoms with Gasteiger partial charge in [-0.25, -0.2) is 4.39 Å². The van der Waals surface area contributed by atoms with E-state index in [1.807, 2.05) is 0 Å². The van der Waals surface area contributed by atoms with Crippen molar-refractivity contribution in [3.05, 3.63) is 36.4 Å². The van der Waals surface area contributed by atoms with Crippen molar-refractivity contribution in [2.24, 2.45) is 0 Å². The van der Waals surface area contributed by atoms with Gasteiger partial charge in [0.05, 0.1) is 11.9 Å². The first-order valence-electron chi connectivity index (χ1n) is 3.81. The zero-order chi connectivity index (χ0) is 9.26. The summed E-state index contributed by atoms with van der Waals surface area (Å²) in [5.41, 5.74) is 7.11. The van der Waals surface area contributed by atoms with Gasteiger partial charge in [-0.2, -0.15) is 5.10 Å². The van der Waals surface area contributed by atoms with Crippen LogP contribution in [0.5, 0.6) is 0 Å². The second-order valence-electron chi connectivity index (χ2n) is 2.72. The van der Waals surface area contributed by atoms with E-state index in [9.17, 15) is 4.39 Å². The number of hydrogen-bond acceptors (Lipinski definition) is 2. The molecule has 2 rings (SSSR count). The number of benzene rings is 1. The van der Waals surface area contributed by atoms with Crippen molar-refractivity contribution in [1.82, 2.24) is 10.2 Å². The number of nitrogens with two attached hydrogens (primary N) is 1. The van der Waals surface area contributed by atoms with E-state index in [1.165, 1.54) is 12.1 Å². The molecule has 0 bridgehead atoms. The third-order valence-corrected chi connectivity index (χ3v) is 1.83. The van der Waals surface area contributed by atoms with Gasteiger partial charge in [0.1, 0.15) is 5.82 Å². The average Bonchev–Trinajstić information content (AvgIpc) is 2.62. The molecule has 3 N–H and O–H groups in total. The molecule has 3 nitrogen and oxygen atoms in total. The molecular weight excluding hydrogens is 169 g/mol. The van der Waals surface area contributed by atoms with Gasteiger partial charge in [0.2, 0.25) is 0 Å². The normalized spacial score (nSPS) is 10.2. The average molecular weight is 177 g/mol. The minimum Gasteiger partial charge on any atom is -0.396 e. The smallest absolute Gasteiger partial charge is 0.146 e. The zero-order valence-corrected chi connectivity index (χ0v) is 6.79. The van der Waals surface area contributed by atoms with Crippen LogP contribution in [0.1, 0.15) is 0 Å². The van der Waals surface area contributed by atoms with Crippen molar-refractivity contribution in [2.75, 3.05) is 5.73 Å². The molecule has 0 radical (unpaired) electrons. The van der Waals surface area contributed by atoms with Crippen molar-refractivity contribution in [2.45, 2.75) is 0 Å². The summed E-state index contributed by atoms with van der Waals surface area (Å²) in [6.07, 6.45) is 3.33. The van der Waals surface area contributed by atoms with Gasteiger partial charge in [-0.15, -0.1) is 0 Å². The number of aromatic nitrogens is 2. The fourth-order valence-electron chi connectivity index (χ4n) is 1.12. The molecular formula is C9H8FN3. The van der Waals surface area contributed by atoms with Crippen molar-refractivity contribution >= 4 is 5.69 Å². The lowest BCUT2D eigenvalue weighted by atomic mass is 10.1. The number of anilines is 1. The van der Waals surface area contributed by atoms with Crippen molar-refractivity contribution < 1.29 is 4.39 Å². The Labute approximate surface area is 74.4 Å². The molecule has 4 heteroatoms. The van der Waals surface area contributed by atoms with Gasteiger partial charge < -0.3 is 5.73 Å². The van der Waals surface area contributed by atoms with Gasteiger partial charge in [0.25, 0.3) is 0 Å². The van der Waals surface area contributed by atoms with Crippen LogP contribution in [0.15, 0.2) is 30.6 Å². The van der Waals surface area contributed by atoms with Crippen molar-refractivity contribution in [3.63, 3.8) is 0 Å². The van der Waals surface area contributed by atoms with Crippen LogP contribution in [0, 0.1) is 5.82 Å². The van der Waals surface area contributed by atoms with Crippen LogP contribution in [-0.4, -0.2) is 10.2 Å². The number of halogens is 1. The number of H-pyrrole nitrogens is 1. The van der Waals surface area contributed by atoms with Crippen LogP contribution in [0.3, 0.4) is 0 Å². The summed E-state index contributed by atoms with van der Waals surface area (Å²) in [4.78, 5) is 0. The fourth-order valence-corrected chi connectivity index (χ4v) is 1.12. The molecule has 0 spiro atoms. The van der Waals surface area contributed by atoms with Gasteiger partial charge in [0, 0.05) is 11.8 Å². The van der Waals surface area contributed by atoms with Gasteiger partial charge >= 0.3 is 0 Å². The van der Waals surface area contributed by atoms with Crippen LogP contribution < -0.4 is 5.73 Å². The quantitative estimate of drug-likeness (QED) is 0.652. The van der Waals surface area contributed by atoms with E-state index in [4.69, 9.17) is 5.73 Å². The summed E-state index contributed by atoms with van der Waals surface area (Å²) in [6, 6.07) is 4.68. The van der Waals surface area contributed by atoms with E-state index in [1.54, 1.807) is 18.5 Å². The number of nitrogens with zero attached hydrogens (tertiary/aromatic N) is 1. The third kappa shape index (κ3) is 1.38. The second-order valence-corrected chi connectivity index (χ2v) is 2.72. The lowest BCUT2D eigenvalue weighted by molar-refractivity contribution is 0.633. The summed E-state index contributed by atoms with van der Waals surface area (Å²) < 4.78 is 13.0. The van der Waals surface area contributed by atoms with Crippen LogP contribution in [0.2, 0.25) is 0 Å². The fraction of sp³-hybridized carbons (Fsp3) is 0. The Kier molecular flexibility index (Phi) is 1.73. The second kappa shape index (κ2) is 2.90. The maximum absolute atomic E-state index is 13.0. The standard InChI is InChI=1S/C9H8FN3/c10-8-3-6(1-2-9(8)11)7-4-12-13-5-7/h1-5H,11H2,(H,12,13). The molecule has 0 unspecified atom stereocenters. The van der Waals surface area contributed by atoms with Crippen LogP contribution >= 0.6 is 0 Å². The molecule has 0 amide bonds. The maximum Gasteiger partial charge on any atom is 0.146 e. The van der Waals surface area contributed by atoms with E-state index in [2.05, 4.69) is 10.2 Å². The van der Waals surface area contributed by atoms with Crippen LogP contribution in [0.25, 0.3) is 11.1 Å². The Morgan fingerprint density at radius 1 is 1.31 bits per heavy atom. The number of aromatic amines is 1. The van der Waals surface area contributed by atoms with Gasteiger partial charge in [0.15, 0.2) is 0 Å².